The van der Waals surface area contributed by atoms with Crippen molar-refractivity contribution in [3.8, 4) is 0 Å². The van der Waals surface area contributed by atoms with Gasteiger partial charge in [0.1, 0.15) is 5.82 Å². The number of piperidine rings is 1. The highest BCUT2D eigenvalue weighted by atomic mass is 19.1. The van der Waals surface area contributed by atoms with E-state index >= 15 is 0 Å². The molecule has 0 spiro atoms. The van der Waals surface area contributed by atoms with Crippen LogP contribution in [0, 0.1) is 18.7 Å². The third-order valence-corrected chi connectivity index (χ3v) is 4.76. The van der Waals surface area contributed by atoms with Gasteiger partial charge >= 0.3 is 0 Å². The van der Waals surface area contributed by atoms with Crippen molar-refractivity contribution in [2.75, 3.05) is 32.0 Å². The molecule has 5 heteroatoms. The predicted molar refractivity (Wildman–Crippen MR) is 92.1 cm³/mol. The number of benzene rings is 1. The molecule has 1 heterocycles. The number of carbonyl (C=O) groups excluding carboxylic acids is 1. The van der Waals surface area contributed by atoms with E-state index in [-0.39, 0.29) is 23.5 Å². The zero-order chi connectivity index (χ0) is 16.8. The Balaban J connectivity index is 1.85. The second-order valence-electron chi connectivity index (χ2n) is 6.52. The number of amides is 1. The number of hydrogen-bond donors (Lipinski definition) is 2. The maximum absolute atomic E-state index is 13.9. The monoisotopic (exact) mass is 321 g/mol. The van der Waals surface area contributed by atoms with Crippen molar-refractivity contribution in [2.45, 2.75) is 39.2 Å². The molecule has 0 aliphatic carbocycles. The van der Waals surface area contributed by atoms with Crippen molar-refractivity contribution in [3.63, 3.8) is 0 Å². The molecule has 1 fully saturated rings. The summed E-state index contributed by atoms with van der Waals surface area (Å²) in [5, 5.41) is 5.90. The van der Waals surface area contributed by atoms with Crippen LogP contribution in [-0.4, -0.2) is 43.5 Å². The molecule has 1 aliphatic rings. The normalized spacial score (nSPS) is 17.9. The largest absolute Gasteiger partial charge is 0.322 e. The lowest BCUT2D eigenvalue weighted by atomic mass is 9.93. The minimum atomic E-state index is -0.378. The van der Waals surface area contributed by atoms with E-state index < -0.39 is 0 Å². The lowest BCUT2D eigenvalue weighted by Crippen LogP contribution is -2.46. The molecule has 1 aromatic rings. The number of halogens is 1. The smallest absolute Gasteiger partial charge is 0.241 e. The molecule has 0 aromatic heterocycles. The molecule has 1 aromatic carbocycles. The molecule has 4 nitrogen and oxygen atoms in total. The topological polar surface area (TPSA) is 44.4 Å². The first-order chi connectivity index (χ1) is 11.0. The fraction of sp³-hybridized carbons (Fsp3) is 0.611. The quantitative estimate of drug-likeness (QED) is 0.847. The maximum Gasteiger partial charge on any atom is 0.241 e. The van der Waals surface area contributed by atoms with Crippen LogP contribution in [-0.2, 0) is 4.79 Å². The zero-order valence-electron chi connectivity index (χ0n) is 14.4. The van der Waals surface area contributed by atoms with Crippen molar-refractivity contribution < 1.29 is 9.18 Å². The lowest BCUT2D eigenvalue weighted by molar-refractivity contribution is -0.121. The third kappa shape index (κ3) is 5.01. The first-order valence-corrected chi connectivity index (χ1v) is 8.47. The van der Waals surface area contributed by atoms with Crippen LogP contribution in [0.5, 0.6) is 0 Å². The van der Waals surface area contributed by atoms with Gasteiger partial charge in [0, 0.05) is 0 Å². The molecule has 0 bridgehead atoms. The summed E-state index contributed by atoms with van der Waals surface area (Å²) in [5.41, 5.74) is 1.11. The summed E-state index contributed by atoms with van der Waals surface area (Å²) in [7, 11) is 1.98. The molecule has 23 heavy (non-hydrogen) atoms. The fourth-order valence-electron chi connectivity index (χ4n) is 3.10. The number of carbonyl (C=O) groups is 1. The minimum Gasteiger partial charge on any atom is -0.322 e. The summed E-state index contributed by atoms with van der Waals surface area (Å²) in [4.78, 5) is 14.6. The van der Waals surface area contributed by atoms with E-state index in [2.05, 4.69) is 15.5 Å². The summed E-state index contributed by atoms with van der Waals surface area (Å²) in [6.45, 7) is 6.64. The van der Waals surface area contributed by atoms with Gasteiger partial charge in [-0.2, -0.15) is 0 Å². The van der Waals surface area contributed by atoms with Gasteiger partial charge in [-0.1, -0.05) is 6.07 Å². The molecular weight excluding hydrogens is 293 g/mol. The third-order valence-electron chi connectivity index (χ3n) is 4.76. The van der Waals surface area contributed by atoms with Crippen LogP contribution in [0.4, 0.5) is 10.1 Å². The van der Waals surface area contributed by atoms with Crippen molar-refractivity contribution >= 4 is 11.6 Å². The number of rotatable bonds is 6. The Labute approximate surface area is 138 Å². The van der Waals surface area contributed by atoms with Crippen LogP contribution in [0.1, 0.15) is 31.7 Å². The molecule has 2 N–H and O–H groups in total. The molecule has 2 rings (SSSR count). The Kier molecular flexibility index (Phi) is 6.54. The van der Waals surface area contributed by atoms with Gasteiger partial charge in [0.05, 0.1) is 11.7 Å². The van der Waals surface area contributed by atoms with E-state index in [1.165, 1.54) is 12.5 Å². The van der Waals surface area contributed by atoms with E-state index in [4.69, 9.17) is 0 Å². The van der Waals surface area contributed by atoms with E-state index in [9.17, 15) is 9.18 Å². The predicted octanol–water partition coefficient (Wildman–Crippen LogP) is 2.78. The highest BCUT2D eigenvalue weighted by molar-refractivity contribution is 5.94. The van der Waals surface area contributed by atoms with Crippen LogP contribution < -0.4 is 10.6 Å². The molecule has 128 valence electrons. The van der Waals surface area contributed by atoms with Crippen molar-refractivity contribution in [2.24, 2.45) is 5.92 Å². The Morgan fingerprint density at radius 3 is 2.70 bits per heavy atom. The highest BCUT2D eigenvalue weighted by Crippen LogP contribution is 2.22. The molecule has 1 unspecified atom stereocenters. The lowest BCUT2D eigenvalue weighted by Gasteiger charge is -2.35. The van der Waals surface area contributed by atoms with E-state index in [0.29, 0.717) is 0 Å². The average Bonchev–Trinajstić information content (AvgIpc) is 2.55. The number of hydrogen-bond acceptors (Lipinski definition) is 3. The number of anilines is 1. The summed E-state index contributed by atoms with van der Waals surface area (Å²) in [6.07, 6.45) is 3.44. The summed E-state index contributed by atoms with van der Waals surface area (Å²) >= 11 is 0. The molecule has 1 aliphatic heterocycles. The number of nitrogens with zero attached hydrogens (tertiary/aromatic N) is 1. The van der Waals surface area contributed by atoms with Gasteiger partial charge in [0.2, 0.25) is 5.91 Å². The summed E-state index contributed by atoms with van der Waals surface area (Å²) in [6, 6.07) is 4.63. The van der Waals surface area contributed by atoms with E-state index in [0.717, 1.165) is 44.0 Å². The molecule has 1 amide bonds. The van der Waals surface area contributed by atoms with Crippen LogP contribution in [0.2, 0.25) is 0 Å². The molecule has 1 saturated heterocycles. The maximum atomic E-state index is 13.9. The summed E-state index contributed by atoms with van der Waals surface area (Å²) < 4.78 is 13.9. The van der Waals surface area contributed by atoms with Gasteiger partial charge in [-0.15, -0.1) is 0 Å². The van der Waals surface area contributed by atoms with Crippen LogP contribution >= 0.6 is 0 Å². The molecule has 0 radical (unpaired) electrons. The standard InChI is InChI=1S/C18H28FN3O/c1-13-4-5-17(16(19)12-13)21-18(23)14(2)22-10-7-15(8-11-22)6-9-20-3/h4-5,12,14-15,20H,6-11H2,1-3H3,(H,21,23). The highest BCUT2D eigenvalue weighted by Gasteiger charge is 2.26. The Morgan fingerprint density at radius 1 is 1.39 bits per heavy atom. The van der Waals surface area contributed by atoms with Crippen LogP contribution in [0.3, 0.4) is 0 Å². The molecule has 1 atom stereocenters. The zero-order valence-corrected chi connectivity index (χ0v) is 14.4. The van der Waals surface area contributed by atoms with Gasteiger partial charge < -0.3 is 10.6 Å². The molecular formula is C18H28FN3O. The fourth-order valence-corrected chi connectivity index (χ4v) is 3.10. The van der Waals surface area contributed by atoms with Gasteiger partial charge in [-0.25, -0.2) is 4.39 Å². The van der Waals surface area contributed by atoms with E-state index in [1.54, 1.807) is 12.1 Å². The number of aryl methyl sites for hydroxylation is 1. The van der Waals surface area contributed by atoms with Crippen LogP contribution in [0.25, 0.3) is 0 Å². The second kappa shape index (κ2) is 8.41. The van der Waals surface area contributed by atoms with Gasteiger partial charge in [-0.05, 0) is 83.4 Å². The summed E-state index contributed by atoms with van der Waals surface area (Å²) in [5.74, 6) is 0.223. The first kappa shape index (κ1) is 17.9. The molecule has 0 saturated carbocycles. The average molecular weight is 321 g/mol. The van der Waals surface area contributed by atoms with Gasteiger partial charge in [-0.3, -0.25) is 9.69 Å². The first-order valence-electron chi connectivity index (χ1n) is 8.47. The van der Waals surface area contributed by atoms with Gasteiger partial charge in [0.15, 0.2) is 0 Å². The van der Waals surface area contributed by atoms with Crippen molar-refractivity contribution in [1.82, 2.24) is 10.2 Å². The van der Waals surface area contributed by atoms with Crippen molar-refractivity contribution in [1.29, 1.82) is 0 Å². The van der Waals surface area contributed by atoms with Gasteiger partial charge in [0.25, 0.3) is 0 Å². The SMILES string of the molecule is CNCCC1CCN(C(C)C(=O)Nc2ccc(C)cc2F)CC1. The van der Waals surface area contributed by atoms with Crippen molar-refractivity contribution in [3.05, 3.63) is 29.6 Å². The minimum absolute atomic E-state index is 0.138. The van der Waals surface area contributed by atoms with Crippen LogP contribution in [0.15, 0.2) is 18.2 Å². The number of nitrogens with one attached hydrogen (secondary N) is 2. The Morgan fingerprint density at radius 2 is 2.09 bits per heavy atom. The Bertz CT molecular complexity index is 527. The van der Waals surface area contributed by atoms with E-state index in [1.807, 2.05) is 20.9 Å². The Hall–Kier alpha value is -1.46. The second-order valence-corrected chi connectivity index (χ2v) is 6.52. The number of likely N-dealkylation sites (tertiary alicyclic amines) is 1.